The Morgan fingerprint density at radius 2 is 1.93 bits per heavy atom. The molecule has 0 saturated heterocycles. The molecule has 0 N–H and O–H groups in total. The van der Waals surface area contributed by atoms with E-state index < -0.39 is 0 Å². The van der Waals surface area contributed by atoms with Crippen molar-refractivity contribution in [2.45, 2.75) is 52.9 Å². The Morgan fingerprint density at radius 1 is 1.29 bits per heavy atom. The highest BCUT2D eigenvalue weighted by Crippen LogP contribution is 2.06. The Balaban J connectivity index is 3.29. The second-order valence-electron chi connectivity index (χ2n) is 4.15. The number of allylic oxidation sites excluding steroid dienone is 4. The monoisotopic (exact) mass is 193 g/mol. The lowest BCUT2D eigenvalue weighted by atomic mass is 10.1. The molecule has 81 valence electrons. The highest BCUT2D eigenvalue weighted by atomic mass is 14.0. The minimum Gasteiger partial charge on any atom is -0.0883 e. The molecule has 1 unspecified atom stereocenters. The first kappa shape index (κ1) is 13.5. The van der Waals surface area contributed by atoms with E-state index in [0.717, 1.165) is 5.92 Å². The molecule has 0 amide bonds. The lowest BCUT2D eigenvalue weighted by molar-refractivity contribution is 0.689. The van der Waals surface area contributed by atoms with Crippen molar-refractivity contribution in [3.8, 4) is 0 Å². The molecule has 0 saturated carbocycles. The quantitative estimate of drug-likeness (QED) is 0.397. The molecule has 0 bridgehead atoms. The van der Waals surface area contributed by atoms with Crippen molar-refractivity contribution in [2.75, 3.05) is 0 Å². The van der Waals surface area contributed by atoms with Crippen LogP contribution in [0.1, 0.15) is 52.9 Å². The fourth-order valence-corrected chi connectivity index (χ4v) is 1.22. The van der Waals surface area contributed by atoms with Gasteiger partial charge in [0.25, 0.3) is 0 Å². The molecule has 0 aliphatic rings. The fraction of sp³-hybridized carbons (Fsp3) is 0.643. The molecule has 0 aromatic carbocycles. The number of hydrogen-bond donors (Lipinski definition) is 0. The highest BCUT2D eigenvalue weighted by molar-refractivity contribution is 5.00. The molecular formula is C14H25. The summed E-state index contributed by atoms with van der Waals surface area (Å²) < 4.78 is 0. The molecule has 0 aromatic heterocycles. The van der Waals surface area contributed by atoms with Crippen LogP contribution in [0.4, 0.5) is 0 Å². The van der Waals surface area contributed by atoms with Crippen molar-refractivity contribution in [2.24, 2.45) is 5.92 Å². The van der Waals surface area contributed by atoms with E-state index in [-0.39, 0.29) is 0 Å². The molecule has 0 aliphatic heterocycles. The zero-order chi connectivity index (χ0) is 10.8. The van der Waals surface area contributed by atoms with Gasteiger partial charge in [0, 0.05) is 0 Å². The minimum absolute atomic E-state index is 0.747. The van der Waals surface area contributed by atoms with Crippen molar-refractivity contribution in [3.63, 3.8) is 0 Å². The van der Waals surface area contributed by atoms with Gasteiger partial charge in [-0.2, -0.15) is 0 Å². The van der Waals surface area contributed by atoms with Crippen molar-refractivity contribution in [1.29, 1.82) is 0 Å². The lowest BCUT2D eigenvalue weighted by Crippen LogP contribution is -1.83. The predicted molar refractivity (Wildman–Crippen MR) is 66.2 cm³/mol. The third-order valence-corrected chi connectivity index (χ3v) is 2.43. The van der Waals surface area contributed by atoms with Crippen molar-refractivity contribution in [1.82, 2.24) is 0 Å². The van der Waals surface area contributed by atoms with Crippen LogP contribution in [0.25, 0.3) is 0 Å². The van der Waals surface area contributed by atoms with Gasteiger partial charge < -0.3 is 0 Å². The van der Waals surface area contributed by atoms with Gasteiger partial charge in [0.15, 0.2) is 0 Å². The van der Waals surface area contributed by atoms with Crippen LogP contribution in [-0.4, -0.2) is 0 Å². The average Bonchev–Trinajstić information content (AvgIpc) is 2.15. The summed E-state index contributed by atoms with van der Waals surface area (Å²) in [5.74, 6) is 0.747. The van der Waals surface area contributed by atoms with E-state index >= 15 is 0 Å². The van der Waals surface area contributed by atoms with Gasteiger partial charge in [0.05, 0.1) is 0 Å². The molecule has 0 rings (SSSR count). The van der Waals surface area contributed by atoms with Gasteiger partial charge in [-0.25, -0.2) is 0 Å². The van der Waals surface area contributed by atoms with Crippen LogP contribution in [0.5, 0.6) is 0 Å². The van der Waals surface area contributed by atoms with E-state index in [9.17, 15) is 0 Å². The normalized spacial score (nSPS) is 15.0. The topological polar surface area (TPSA) is 0 Å². The third kappa shape index (κ3) is 9.57. The lowest BCUT2D eigenvalue weighted by Gasteiger charge is -1.99. The van der Waals surface area contributed by atoms with Crippen molar-refractivity contribution >= 4 is 0 Å². The molecule has 0 aliphatic carbocycles. The van der Waals surface area contributed by atoms with Gasteiger partial charge in [-0.05, 0) is 45.4 Å². The Kier molecular flexibility index (Phi) is 8.72. The second kappa shape index (κ2) is 9.05. The summed E-state index contributed by atoms with van der Waals surface area (Å²) in [7, 11) is 0. The summed E-state index contributed by atoms with van der Waals surface area (Å²) in [4.78, 5) is 0. The first-order valence-electron chi connectivity index (χ1n) is 5.82. The maximum absolute atomic E-state index is 3.85. The fourth-order valence-electron chi connectivity index (χ4n) is 1.22. The van der Waals surface area contributed by atoms with Gasteiger partial charge >= 0.3 is 0 Å². The molecule has 1 radical (unpaired) electrons. The zero-order valence-corrected chi connectivity index (χ0v) is 10.1. The highest BCUT2D eigenvalue weighted by Gasteiger charge is 1.89. The summed E-state index contributed by atoms with van der Waals surface area (Å²) >= 11 is 0. The summed E-state index contributed by atoms with van der Waals surface area (Å²) in [6.45, 7) is 10.4. The SMILES string of the molecule is [CH2]C(C)=CCCCCC=CC(C)CC. The minimum atomic E-state index is 0.747. The first-order valence-corrected chi connectivity index (χ1v) is 5.82. The number of unbranched alkanes of at least 4 members (excludes halogenated alkanes) is 3. The molecule has 0 nitrogen and oxygen atoms in total. The molecule has 0 fully saturated rings. The second-order valence-corrected chi connectivity index (χ2v) is 4.15. The van der Waals surface area contributed by atoms with E-state index in [1.165, 1.54) is 37.7 Å². The summed E-state index contributed by atoms with van der Waals surface area (Å²) in [5.41, 5.74) is 1.19. The maximum Gasteiger partial charge on any atom is -0.0265 e. The third-order valence-electron chi connectivity index (χ3n) is 2.43. The van der Waals surface area contributed by atoms with E-state index in [0.29, 0.717) is 0 Å². The van der Waals surface area contributed by atoms with Crippen LogP contribution in [0, 0.1) is 12.8 Å². The molecule has 14 heavy (non-hydrogen) atoms. The van der Waals surface area contributed by atoms with Gasteiger partial charge in [-0.15, -0.1) is 0 Å². The van der Waals surface area contributed by atoms with Crippen LogP contribution in [-0.2, 0) is 0 Å². The predicted octanol–water partition coefficient (Wildman–Crippen LogP) is 4.93. The molecular weight excluding hydrogens is 168 g/mol. The molecule has 0 heterocycles. The average molecular weight is 193 g/mol. The Morgan fingerprint density at radius 3 is 2.50 bits per heavy atom. The van der Waals surface area contributed by atoms with E-state index in [1.807, 2.05) is 0 Å². The Labute approximate surface area is 90.1 Å². The Bertz CT molecular complexity index is 170. The van der Waals surface area contributed by atoms with E-state index in [4.69, 9.17) is 0 Å². The summed E-state index contributed by atoms with van der Waals surface area (Å²) in [6, 6.07) is 0. The van der Waals surface area contributed by atoms with Gasteiger partial charge in [0.2, 0.25) is 0 Å². The van der Waals surface area contributed by atoms with Crippen molar-refractivity contribution in [3.05, 3.63) is 30.7 Å². The van der Waals surface area contributed by atoms with Crippen LogP contribution in [0.15, 0.2) is 23.8 Å². The smallest absolute Gasteiger partial charge is 0.0265 e. The molecule has 0 aromatic rings. The van der Waals surface area contributed by atoms with Crippen LogP contribution >= 0.6 is 0 Å². The van der Waals surface area contributed by atoms with Gasteiger partial charge in [-0.3, -0.25) is 0 Å². The number of hydrogen-bond acceptors (Lipinski definition) is 0. The van der Waals surface area contributed by atoms with E-state index in [1.54, 1.807) is 0 Å². The maximum atomic E-state index is 3.85. The van der Waals surface area contributed by atoms with Crippen molar-refractivity contribution < 1.29 is 0 Å². The van der Waals surface area contributed by atoms with Crippen LogP contribution < -0.4 is 0 Å². The van der Waals surface area contributed by atoms with Gasteiger partial charge in [-0.1, -0.05) is 44.1 Å². The number of rotatable bonds is 7. The first-order chi connectivity index (χ1) is 6.66. The standard InChI is InChI=1S/C14H25/c1-5-14(4)12-10-8-6-7-9-11-13(2)3/h10-12,14H,2,5-9H2,1,3-4H3. The van der Waals surface area contributed by atoms with E-state index in [2.05, 4.69) is 45.9 Å². The zero-order valence-electron chi connectivity index (χ0n) is 10.1. The van der Waals surface area contributed by atoms with Gasteiger partial charge in [0.1, 0.15) is 0 Å². The molecule has 1 atom stereocenters. The van der Waals surface area contributed by atoms with Crippen LogP contribution in [0.2, 0.25) is 0 Å². The molecule has 0 spiro atoms. The summed E-state index contributed by atoms with van der Waals surface area (Å²) in [5, 5.41) is 0. The molecule has 0 heteroatoms. The Hall–Kier alpha value is -0.520. The largest absolute Gasteiger partial charge is 0.0883 e. The summed E-state index contributed by atoms with van der Waals surface area (Å²) in [6.07, 6.45) is 13.1. The van der Waals surface area contributed by atoms with Crippen LogP contribution in [0.3, 0.4) is 0 Å².